The summed E-state index contributed by atoms with van der Waals surface area (Å²) in [4.78, 5) is 11.7. The molecule has 0 spiro atoms. The number of fused-ring (bicyclic) bond motifs is 1. The lowest BCUT2D eigenvalue weighted by molar-refractivity contribution is 0.126. The van der Waals surface area contributed by atoms with Crippen molar-refractivity contribution in [1.82, 2.24) is 14.5 Å². The second-order valence-electron chi connectivity index (χ2n) is 8.33. The fourth-order valence-electron chi connectivity index (χ4n) is 4.72. The Morgan fingerprint density at radius 2 is 1.79 bits per heavy atom. The summed E-state index contributed by atoms with van der Waals surface area (Å²) in [6.45, 7) is 2.28. The lowest BCUT2D eigenvalue weighted by Crippen LogP contribution is -2.29. The summed E-state index contributed by atoms with van der Waals surface area (Å²) in [5.74, 6) is 1.54. The van der Waals surface area contributed by atoms with E-state index in [4.69, 9.17) is 4.98 Å². The lowest BCUT2D eigenvalue weighted by atomic mass is 9.93. The van der Waals surface area contributed by atoms with E-state index in [1.54, 1.807) is 0 Å². The quantitative estimate of drug-likeness (QED) is 0.700. The molecule has 152 valence electrons. The molecule has 2 aliphatic rings. The Morgan fingerprint density at radius 3 is 2.62 bits per heavy atom. The van der Waals surface area contributed by atoms with Gasteiger partial charge in [0.2, 0.25) is 5.95 Å². The Kier molecular flexibility index (Phi) is 5.10. The minimum absolute atomic E-state index is 0.152. The van der Waals surface area contributed by atoms with Gasteiger partial charge in [0.25, 0.3) is 0 Å². The molecule has 3 aromatic rings. The molecule has 1 saturated carbocycles. The number of aliphatic hydroxyl groups is 1. The smallest absolute Gasteiger partial charge is 0.224 e. The molecule has 29 heavy (non-hydrogen) atoms. The third-order valence-corrected chi connectivity index (χ3v) is 6.32. The molecule has 5 rings (SSSR count). The number of benzene rings is 1. The minimum atomic E-state index is -0.152. The molecule has 2 fully saturated rings. The summed E-state index contributed by atoms with van der Waals surface area (Å²) in [7, 11) is 0. The first-order valence-electron chi connectivity index (χ1n) is 10.9. The van der Waals surface area contributed by atoms with Gasteiger partial charge < -0.3 is 19.9 Å². The van der Waals surface area contributed by atoms with Gasteiger partial charge in [-0.3, -0.25) is 0 Å². The van der Waals surface area contributed by atoms with Crippen molar-refractivity contribution in [2.24, 2.45) is 0 Å². The Labute approximate surface area is 171 Å². The van der Waals surface area contributed by atoms with Gasteiger partial charge in [-0.25, -0.2) is 4.98 Å². The first kappa shape index (κ1) is 18.4. The fourth-order valence-corrected chi connectivity index (χ4v) is 4.72. The molecule has 0 amide bonds. The monoisotopic (exact) mass is 391 g/mol. The molecule has 6 nitrogen and oxygen atoms in total. The van der Waals surface area contributed by atoms with Gasteiger partial charge in [0.05, 0.1) is 11.6 Å². The third kappa shape index (κ3) is 3.81. The van der Waals surface area contributed by atoms with E-state index in [0.29, 0.717) is 12.0 Å². The van der Waals surface area contributed by atoms with Gasteiger partial charge in [-0.1, -0.05) is 6.07 Å². The predicted octanol–water partition coefficient (Wildman–Crippen LogP) is 4.13. The topological polar surface area (TPSA) is 66.2 Å². The summed E-state index contributed by atoms with van der Waals surface area (Å²) in [5.41, 5.74) is 2.51. The number of aliphatic hydroxyl groups excluding tert-OH is 1. The Bertz CT molecular complexity index is 970. The van der Waals surface area contributed by atoms with E-state index < -0.39 is 0 Å². The maximum Gasteiger partial charge on any atom is 0.224 e. The molecule has 1 saturated heterocycles. The summed E-state index contributed by atoms with van der Waals surface area (Å²) >= 11 is 0. The molecule has 3 heterocycles. The van der Waals surface area contributed by atoms with Gasteiger partial charge >= 0.3 is 0 Å². The molecule has 0 atom stereocenters. The fraction of sp³-hybridized carbons (Fsp3) is 0.478. The van der Waals surface area contributed by atoms with Crippen LogP contribution in [0, 0.1) is 0 Å². The minimum Gasteiger partial charge on any atom is -0.393 e. The molecular formula is C23H29N5O. The van der Waals surface area contributed by atoms with Crippen molar-refractivity contribution < 1.29 is 5.11 Å². The number of hydrogen-bond acceptors (Lipinski definition) is 5. The highest BCUT2D eigenvalue weighted by Crippen LogP contribution is 2.31. The van der Waals surface area contributed by atoms with Crippen LogP contribution in [0.2, 0.25) is 0 Å². The zero-order valence-corrected chi connectivity index (χ0v) is 16.8. The van der Waals surface area contributed by atoms with Crippen molar-refractivity contribution in [2.45, 2.75) is 57.1 Å². The predicted molar refractivity (Wildman–Crippen MR) is 117 cm³/mol. The van der Waals surface area contributed by atoms with Crippen molar-refractivity contribution in [1.29, 1.82) is 0 Å². The first-order valence-corrected chi connectivity index (χ1v) is 10.9. The molecule has 2 aromatic heterocycles. The molecule has 0 radical (unpaired) electrons. The summed E-state index contributed by atoms with van der Waals surface area (Å²) in [6.07, 6.45) is 11.3. The molecule has 6 heteroatoms. The number of aromatic nitrogens is 3. The van der Waals surface area contributed by atoms with Crippen LogP contribution in [0.25, 0.3) is 16.7 Å². The van der Waals surface area contributed by atoms with Crippen molar-refractivity contribution >= 4 is 22.5 Å². The SMILES string of the molecule is OC1CCC(Nc2nccc(-n3ccc4c(N5CCCCC5)cccc43)n2)CC1. The van der Waals surface area contributed by atoms with Gasteiger partial charge in [0.15, 0.2) is 0 Å². The molecule has 1 aliphatic heterocycles. The van der Waals surface area contributed by atoms with Crippen molar-refractivity contribution in [2.75, 3.05) is 23.3 Å². The van der Waals surface area contributed by atoms with Crippen LogP contribution in [-0.4, -0.2) is 44.9 Å². The van der Waals surface area contributed by atoms with Crippen LogP contribution in [0.15, 0.2) is 42.7 Å². The van der Waals surface area contributed by atoms with E-state index in [9.17, 15) is 5.11 Å². The number of nitrogens with one attached hydrogen (secondary N) is 1. The zero-order chi connectivity index (χ0) is 19.6. The summed E-state index contributed by atoms with van der Waals surface area (Å²) in [5, 5.41) is 14.5. The highest BCUT2D eigenvalue weighted by Gasteiger charge is 2.20. The van der Waals surface area contributed by atoms with Crippen molar-refractivity contribution in [3.05, 3.63) is 42.7 Å². The Balaban J connectivity index is 1.42. The molecule has 0 unspecified atom stereocenters. The van der Waals surface area contributed by atoms with Crippen LogP contribution in [0.3, 0.4) is 0 Å². The third-order valence-electron chi connectivity index (χ3n) is 6.32. The van der Waals surface area contributed by atoms with Crippen LogP contribution in [0.5, 0.6) is 0 Å². The second kappa shape index (κ2) is 8.03. The summed E-state index contributed by atoms with van der Waals surface area (Å²) < 4.78 is 2.15. The average molecular weight is 392 g/mol. The van der Waals surface area contributed by atoms with Crippen molar-refractivity contribution in [3.63, 3.8) is 0 Å². The van der Waals surface area contributed by atoms with Crippen LogP contribution in [0.1, 0.15) is 44.9 Å². The Morgan fingerprint density at radius 1 is 0.966 bits per heavy atom. The van der Waals surface area contributed by atoms with Gasteiger partial charge in [-0.2, -0.15) is 4.98 Å². The number of rotatable bonds is 4. The first-order chi connectivity index (χ1) is 14.3. The van der Waals surface area contributed by atoms with Crippen LogP contribution in [-0.2, 0) is 0 Å². The molecule has 1 aliphatic carbocycles. The van der Waals surface area contributed by atoms with E-state index in [1.165, 1.54) is 35.9 Å². The molecule has 0 bridgehead atoms. The van der Waals surface area contributed by atoms with E-state index in [-0.39, 0.29) is 6.10 Å². The van der Waals surface area contributed by atoms with Gasteiger partial charge in [-0.05, 0) is 69.2 Å². The highest BCUT2D eigenvalue weighted by atomic mass is 16.3. The van der Waals surface area contributed by atoms with Gasteiger partial charge in [0, 0.05) is 42.6 Å². The molecular weight excluding hydrogens is 362 g/mol. The van der Waals surface area contributed by atoms with Crippen molar-refractivity contribution in [3.8, 4) is 5.82 Å². The van der Waals surface area contributed by atoms with Crippen LogP contribution in [0.4, 0.5) is 11.6 Å². The molecule has 2 N–H and O–H groups in total. The highest BCUT2D eigenvalue weighted by molar-refractivity contribution is 5.93. The standard InChI is InChI=1S/C23H29N5O/c29-18-9-7-17(8-10-18)25-23-24-13-11-22(26-23)28-16-12-19-20(5-4-6-21(19)28)27-14-2-1-3-15-27/h4-6,11-13,16-18,29H,1-3,7-10,14-15H2,(H,24,25,26). The van der Waals surface area contributed by atoms with E-state index in [1.807, 2.05) is 12.3 Å². The largest absolute Gasteiger partial charge is 0.393 e. The van der Waals surface area contributed by atoms with E-state index >= 15 is 0 Å². The van der Waals surface area contributed by atoms with E-state index in [2.05, 4.69) is 50.2 Å². The second-order valence-corrected chi connectivity index (χ2v) is 8.33. The van der Waals surface area contributed by atoms with Crippen LogP contribution >= 0.6 is 0 Å². The summed E-state index contributed by atoms with van der Waals surface area (Å²) in [6, 6.07) is 11.1. The lowest BCUT2D eigenvalue weighted by Gasteiger charge is -2.29. The number of piperidine rings is 1. The van der Waals surface area contributed by atoms with Gasteiger partial charge in [-0.15, -0.1) is 0 Å². The maximum absolute atomic E-state index is 9.71. The van der Waals surface area contributed by atoms with E-state index in [0.717, 1.165) is 44.6 Å². The normalized spacial score (nSPS) is 22.7. The number of nitrogens with zero attached hydrogens (tertiary/aromatic N) is 4. The number of hydrogen-bond donors (Lipinski definition) is 2. The molecule has 1 aromatic carbocycles. The maximum atomic E-state index is 9.71. The average Bonchev–Trinajstić information content (AvgIpc) is 3.21. The number of anilines is 2. The zero-order valence-electron chi connectivity index (χ0n) is 16.8. The van der Waals surface area contributed by atoms with Crippen LogP contribution < -0.4 is 10.2 Å². The van der Waals surface area contributed by atoms with Gasteiger partial charge in [0.1, 0.15) is 5.82 Å². The Hall–Kier alpha value is -2.60.